The summed E-state index contributed by atoms with van der Waals surface area (Å²) in [6.07, 6.45) is 0.807. The van der Waals surface area contributed by atoms with Crippen molar-refractivity contribution in [1.29, 1.82) is 0 Å². The SMILES string of the molecule is CCCC(C)NC(=O)C1CN(S(=O)(=O)c2ccc(C)cc2)c2cc(Cl)ccc2O1. The second kappa shape index (κ2) is 8.63. The van der Waals surface area contributed by atoms with Crippen LogP contribution in [0, 0.1) is 6.92 Å². The first kappa shape index (κ1) is 21.5. The van der Waals surface area contributed by atoms with Crippen molar-refractivity contribution in [2.75, 3.05) is 10.8 Å². The van der Waals surface area contributed by atoms with Crippen LogP contribution in [0.3, 0.4) is 0 Å². The molecule has 3 rings (SSSR count). The van der Waals surface area contributed by atoms with Gasteiger partial charge in [-0.3, -0.25) is 9.10 Å². The van der Waals surface area contributed by atoms with Gasteiger partial charge < -0.3 is 10.1 Å². The first-order chi connectivity index (χ1) is 13.7. The number of fused-ring (bicyclic) bond motifs is 1. The molecule has 0 fully saturated rings. The van der Waals surface area contributed by atoms with Crippen LogP contribution in [0.2, 0.25) is 5.02 Å². The van der Waals surface area contributed by atoms with Crippen molar-refractivity contribution in [2.45, 2.75) is 50.7 Å². The Kier molecular flexibility index (Phi) is 6.39. The zero-order valence-electron chi connectivity index (χ0n) is 16.7. The molecule has 0 aliphatic carbocycles. The zero-order valence-corrected chi connectivity index (χ0v) is 18.3. The lowest BCUT2D eigenvalue weighted by Crippen LogP contribution is -2.52. The molecule has 29 heavy (non-hydrogen) atoms. The summed E-state index contributed by atoms with van der Waals surface area (Å²) in [6, 6.07) is 11.3. The molecule has 1 amide bonds. The fraction of sp³-hybridized carbons (Fsp3) is 0.381. The molecule has 0 aromatic heterocycles. The Bertz CT molecular complexity index is 992. The number of hydrogen-bond donors (Lipinski definition) is 1. The summed E-state index contributed by atoms with van der Waals surface area (Å²) in [4.78, 5) is 12.9. The maximum Gasteiger partial charge on any atom is 0.264 e. The Morgan fingerprint density at radius 3 is 2.62 bits per heavy atom. The highest BCUT2D eigenvalue weighted by molar-refractivity contribution is 7.92. The number of anilines is 1. The first-order valence-electron chi connectivity index (χ1n) is 9.58. The van der Waals surface area contributed by atoms with Crippen molar-refractivity contribution >= 4 is 33.2 Å². The Morgan fingerprint density at radius 2 is 1.97 bits per heavy atom. The number of nitrogens with zero attached hydrogens (tertiary/aromatic N) is 1. The van der Waals surface area contributed by atoms with E-state index in [-0.39, 0.29) is 23.4 Å². The third kappa shape index (κ3) is 4.67. The number of sulfonamides is 1. The van der Waals surface area contributed by atoms with Gasteiger partial charge in [0.2, 0.25) is 0 Å². The number of amides is 1. The van der Waals surface area contributed by atoms with Crippen molar-refractivity contribution in [1.82, 2.24) is 5.32 Å². The zero-order chi connectivity index (χ0) is 21.2. The molecule has 156 valence electrons. The minimum atomic E-state index is -3.90. The monoisotopic (exact) mass is 436 g/mol. The van der Waals surface area contributed by atoms with Crippen molar-refractivity contribution in [2.24, 2.45) is 0 Å². The smallest absolute Gasteiger partial charge is 0.264 e. The van der Waals surface area contributed by atoms with E-state index in [0.717, 1.165) is 18.4 Å². The number of benzene rings is 2. The van der Waals surface area contributed by atoms with Crippen LogP contribution in [0.25, 0.3) is 0 Å². The lowest BCUT2D eigenvalue weighted by Gasteiger charge is -2.35. The second-order valence-electron chi connectivity index (χ2n) is 7.27. The Morgan fingerprint density at radius 1 is 1.28 bits per heavy atom. The lowest BCUT2D eigenvalue weighted by atomic mass is 10.1. The minimum absolute atomic E-state index is 0.0233. The summed E-state index contributed by atoms with van der Waals surface area (Å²) in [6.45, 7) is 5.71. The standard InChI is InChI=1S/C21H25ClN2O4S/c1-4-5-15(3)23-21(25)20-13-24(18-12-16(22)8-11-19(18)28-20)29(26,27)17-9-6-14(2)7-10-17/h6-12,15,20H,4-5,13H2,1-3H3,(H,23,25). The Labute approximate surface area is 176 Å². The maximum atomic E-state index is 13.4. The Balaban J connectivity index is 1.97. The van der Waals surface area contributed by atoms with Crippen LogP contribution in [0.4, 0.5) is 5.69 Å². The molecular weight excluding hydrogens is 412 g/mol. The Hall–Kier alpha value is -2.25. The van der Waals surface area contributed by atoms with Gasteiger partial charge in [-0.15, -0.1) is 0 Å². The van der Waals surface area contributed by atoms with E-state index in [9.17, 15) is 13.2 Å². The van der Waals surface area contributed by atoms with Crippen LogP contribution in [0.1, 0.15) is 32.3 Å². The van der Waals surface area contributed by atoms with Crippen molar-refractivity contribution in [3.05, 3.63) is 53.1 Å². The van der Waals surface area contributed by atoms with Crippen molar-refractivity contribution in [3.8, 4) is 5.75 Å². The predicted octanol–water partition coefficient (Wildman–Crippen LogP) is 3.91. The second-order valence-corrected chi connectivity index (χ2v) is 9.56. The number of carbonyl (C=O) groups is 1. The molecule has 2 aromatic carbocycles. The van der Waals surface area contributed by atoms with Gasteiger partial charge in [-0.25, -0.2) is 8.42 Å². The van der Waals surface area contributed by atoms with Gasteiger partial charge in [-0.1, -0.05) is 42.6 Å². The van der Waals surface area contributed by atoms with E-state index in [0.29, 0.717) is 16.5 Å². The fourth-order valence-electron chi connectivity index (χ4n) is 3.27. The predicted molar refractivity (Wildman–Crippen MR) is 114 cm³/mol. The van der Waals surface area contributed by atoms with Gasteiger partial charge in [0.1, 0.15) is 5.75 Å². The molecule has 2 aromatic rings. The summed E-state index contributed by atoms with van der Waals surface area (Å²) in [5, 5.41) is 3.29. The van der Waals surface area contributed by atoms with Gasteiger partial charge in [0, 0.05) is 11.1 Å². The average Bonchev–Trinajstić information content (AvgIpc) is 2.67. The van der Waals surface area contributed by atoms with Crippen LogP contribution >= 0.6 is 11.6 Å². The quantitative estimate of drug-likeness (QED) is 0.744. The number of aryl methyl sites for hydroxylation is 1. The van der Waals surface area contributed by atoms with Crippen LogP contribution in [-0.2, 0) is 14.8 Å². The highest BCUT2D eigenvalue weighted by atomic mass is 35.5. The van der Waals surface area contributed by atoms with Crippen LogP contribution in [-0.4, -0.2) is 33.0 Å². The molecule has 1 N–H and O–H groups in total. The van der Waals surface area contributed by atoms with Crippen molar-refractivity contribution < 1.29 is 17.9 Å². The molecule has 8 heteroatoms. The number of hydrogen-bond acceptors (Lipinski definition) is 4. The summed E-state index contributed by atoms with van der Waals surface area (Å²) >= 11 is 6.11. The molecule has 6 nitrogen and oxygen atoms in total. The van der Waals surface area contributed by atoms with E-state index in [1.54, 1.807) is 36.4 Å². The number of nitrogens with one attached hydrogen (secondary N) is 1. The maximum absolute atomic E-state index is 13.4. The highest BCUT2D eigenvalue weighted by Gasteiger charge is 2.38. The topological polar surface area (TPSA) is 75.7 Å². The van der Waals surface area contributed by atoms with Gasteiger partial charge in [0.05, 0.1) is 17.1 Å². The summed E-state index contributed by atoms with van der Waals surface area (Å²) in [7, 11) is -3.90. The van der Waals surface area contributed by atoms with Gasteiger partial charge in [0.25, 0.3) is 15.9 Å². The summed E-state index contributed by atoms with van der Waals surface area (Å²) < 4.78 is 33.8. The lowest BCUT2D eigenvalue weighted by molar-refractivity contribution is -0.128. The van der Waals surface area contributed by atoms with E-state index in [2.05, 4.69) is 5.32 Å². The molecule has 0 spiro atoms. The molecule has 1 aliphatic heterocycles. The minimum Gasteiger partial charge on any atom is -0.476 e. The van der Waals surface area contributed by atoms with Crippen molar-refractivity contribution in [3.63, 3.8) is 0 Å². The van der Waals surface area contributed by atoms with Gasteiger partial charge in [0.15, 0.2) is 6.10 Å². The average molecular weight is 437 g/mol. The highest BCUT2D eigenvalue weighted by Crippen LogP contribution is 2.38. The third-order valence-electron chi connectivity index (χ3n) is 4.80. The van der Waals surface area contributed by atoms with Crippen LogP contribution in [0.15, 0.2) is 47.4 Å². The molecule has 1 heterocycles. The number of carbonyl (C=O) groups excluding carboxylic acids is 1. The molecular formula is C21H25ClN2O4S. The van der Waals surface area contributed by atoms with E-state index in [1.807, 2.05) is 20.8 Å². The normalized spacial score (nSPS) is 17.2. The van der Waals surface area contributed by atoms with E-state index >= 15 is 0 Å². The summed E-state index contributed by atoms with van der Waals surface area (Å²) in [5.74, 6) is -0.0321. The van der Waals surface area contributed by atoms with E-state index < -0.39 is 16.1 Å². The van der Waals surface area contributed by atoms with E-state index in [4.69, 9.17) is 16.3 Å². The van der Waals surface area contributed by atoms with Gasteiger partial charge in [-0.05, 0) is 50.6 Å². The van der Waals surface area contributed by atoms with E-state index in [1.165, 1.54) is 10.4 Å². The van der Waals surface area contributed by atoms with Gasteiger partial charge >= 0.3 is 0 Å². The number of halogens is 1. The molecule has 0 saturated heterocycles. The largest absolute Gasteiger partial charge is 0.476 e. The molecule has 0 saturated carbocycles. The molecule has 2 unspecified atom stereocenters. The van der Waals surface area contributed by atoms with Crippen LogP contribution < -0.4 is 14.4 Å². The fourth-order valence-corrected chi connectivity index (χ4v) is 4.90. The number of ether oxygens (including phenoxy) is 1. The molecule has 2 atom stereocenters. The molecule has 0 bridgehead atoms. The number of rotatable bonds is 6. The summed E-state index contributed by atoms with van der Waals surface area (Å²) in [5.41, 5.74) is 1.28. The van der Waals surface area contributed by atoms with Crippen LogP contribution in [0.5, 0.6) is 5.75 Å². The molecule has 0 radical (unpaired) electrons. The van der Waals surface area contributed by atoms with Gasteiger partial charge in [-0.2, -0.15) is 0 Å². The molecule has 1 aliphatic rings. The first-order valence-corrected chi connectivity index (χ1v) is 11.4. The third-order valence-corrected chi connectivity index (χ3v) is 6.83.